The topological polar surface area (TPSA) is 62.7 Å². The summed E-state index contributed by atoms with van der Waals surface area (Å²) in [5.41, 5.74) is 4.01. The van der Waals surface area contributed by atoms with Gasteiger partial charge in [-0.2, -0.15) is 0 Å². The van der Waals surface area contributed by atoms with Gasteiger partial charge in [0.2, 0.25) is 0 Å². The molecule has 2 aromatic carbocycles. The summed E-state index contributed by atoms with van der Waals surface area (Å²) in [5.74, 6) is -0.685. The summed E-state index contributed by atoms with van der Waals surface area (Å²) in [6, 6.07) is 23.6. The molecule has 0 N–H and O–H groups in total. The lowest BCUT2D eigenvalue weighted by Gasteiger charge is -2.34. The molecule has 0 saturated carbocycles. The van der Waals surface area contributed by atoms with Gasteiger partial charge in [-0.15, -0.1) is 0 Å². The number of nitrogens with zero attached hydrogens (tertiary/aromatic N) is 3. The van der Waals surface area contributed by atoms with E-state index >= 15 is 0 Å². The van der Waals surface area contributed by atoms with E-state index in [1.807, 2.05) is 48.5 Å². The fourth-order valence-corrected chi connectivity index (χ4v) is 3.84. The van der Waals surface area contributed by atoms with E-state index in [2.05, 4.69) is 22.0 Å². The maximum Gasteiger partial charge on any atom is 0.340 e. The minimum Gasteiger partial charge on any atom is -0.452 e. The Hall–Kier alpha value is -3.51. The van der Waals surface area contributed by atoms with E-state index < -0.39 is 5.97 Å². The molecule has 32 heavy (non-hydrogen) atoms. The van der Waals surface area contributed by atoms with Crippen molar-refractivity contribution in [1.29, 1.82) is 0 Å². The van der Waals surface area contributed by atoms with E-state index in [9.17, 15) is 9.59 Å². The van der Waals surface area contributed by atoms with Crippen molar-refractivity contribution in [3.8, 4) is 11.3 Å². The first kappa shape index (κ1) is 21.7. The molecule has 1 aliphatic heterocycles. The molecular weight excluding hydrogens is 402 g/mol. The summed E-state index contributed by atoms with van der Waals surface area (Å²) in [6.45, 7) is 5.28. The first-order valence-electron chi connectivity index (χ1n) is 10.8. The minimum absolute atomic E-state index is 0.163. The van der Waals surface area contributed by atoms with Crippen molar-refractivity contribution in [3.63, 3.8) is 0 Å². The highest BCUT2D eigenvalue weighted by molar-refractivity contribution is 5.92. The Kier molecular flexibility index (Phi) is 6.92. The third-order valence-corrected chi connectivity index (χ3v) is 5.68. The molecule has 0 atom stereocenters. The lowest BCUT2D eigenvalue weighted by atomic mass is 10.1. The van der Waals surface area contributed by atoms with Gasteiger partial charge in [0, 0.05) is 38.3 Å². The van der Waals surface area contributed by atoms with Gasteiger partial charge in [0.1, 0.15) is 0 Å². The predicted molar refractivity (Wildman–Crippen MR) is 123 cm³/mol. The molecule has 0 aliphatic carbocycles. The first-order chi connectivity index (χ1) is 15.6. The number of hydrogen-bond donors (Lipinski definition) is 0. The van der Waals surface area contributed by atoms with Crippen molar-refractivity contribution in [2.45, 2.75) is 13.5 Å². The molecule has 0 bridgehead atoms. The second-order valence-electron chi connectivity index (χ2n) is 7.91. The van der Waals surface area contributed by atoms with Gasteiger partial charge in [0.25, 0.3) is 5.91 Å². The normalized spacial score (nSPS) is 14.2. The van der Waals surface area contributed by atoms with Crippen molar-refractivity contribution in [3.05, 3.63) is 89.6 Å². The second kappa shape index (κ2) is 10.2. The van der Waals surface area contributed by atoms with Crippen LogP contribution in [0.15, 0.2) is 72.8 Å². The van der Waals surface area contributed by atoms with Crippen LogP contribution in [-0.2, 0) is 16.1 Å². The standard InChI is InChI=1S/C26H27N3O3/c1-20-23(12-13-24(27-20)22-10-6-3-7-11-22)26(31)32-19-25(30)29-16-14-28(15-17-29)18-21-8-4-2-5-9-21/h2-13H,14-19H2,1H3. The Morgan fingerprint density at radius 1 is 0.875 bits per heavy atom. The van der Waals surface area contributed by atoms with Crippen LogP contribution in [0.1, 0.15) is 21.6 Å². The van der Waals surface area contributed by atoms with E-state index in [1.54, 1.807) is 24.0 Å². The van der Waals surface area contributed by atoms with Crippen LogP contribution in [-0.4, -0.2) is 59.4 Å². The van der Waals surface area contributed by atoms with Crippen LogP contribution >= 0.6 is 0 Å². The van der Waals surface area contributed by atoms with Crippen LogP contribution in [0.5, 0.6) is 0 Å². The van der Waals surface area contributed by atoms with Crippen LogP contribution in [0.25, 0.3) is 11.3 Å². The lowest BCUT2D eigenvalue weighted by Crippen LogP contribution is -2.49. The van der Waals surface area contributed by atoms with Crippen LogP contribution < -0.4 is 0 Å². The van der Waals surface area contributed by atoms with Crippen molar-refractivity contribution >= 4 is 11.9 Å². The Morgan fingerprint density at radius 3 is 2.19 bits per heavy atom. The number of ether oxygens (including phenoxy) is 1. The smallest absolute Gasteiger partial charge is 0.340 e. The number of rotatable bonds is 6. The average Bonchev–Trinajstić information content (AvgIpc) is 2.84. The van der Waals surface area contributed by atoms with Gasteiger partial charge in [0.05, 0.1) is 17.0 Å². The van der Waals surface area contributed by atoms with Gasteiger partial charge in [-0.1, -0.05) is 60.7 Å². The summed E-state index contributed by atoms with van der Waals surface area (Å²) in [7, 11) is 0. The van der Waals surface area contributed by atoms with Crippen molar-refractivity contribution < 1.29 is 14.3 Å². The summed E-state index contributed by atoms with van der Waals surface area (Å²) >= 11 is 0. The van der Waals surface area contributed by atoms with E-state index in [0.717, 1.165) is 30.9 Å². The van der Waals surface area contributed by atoms with E-state index in [-0.39, 0.29) is 12.5 Å². The molecule has 1 fully saturated rings. The molecule has 0 radical (unpaired) electrons. The summed E-state index contributed by atoms with van der Waals surface area (Å²) in [5, 5.41) is 0. The summed E-state index contributed by atoms with van der Waals surface area (Å²) < 4.78 is 5.31. The Morgan fingerprint density at radius 2 is 1.53 bits per heavy atom. The van der Waals surface area contributed by atoms with Crippen LogP contribution in [0, 0.1) is 6.92 Å². The zero-order valence-electron chi connectivity index (χ0n) is 18.2. The zero-order valence-corrected chi connectivity index (χ0v) is 18.2. The lowest BCUT2D eigenvalue weighted by molar-refractivity contribution is -0.136. The quantitative estimate of drug-likeness (QED) is 0.561. The Bertz CT molecular complexity index is 1060. The van der Waals surface area contributed by atoms with Gasteiger partial charge in [-0.3, -0.25) is 14.7 Å². The zero-order chi connectivity index (χ0) is 22.3. The molecule has 4 rings (SSSR count). The predicted octanol–water partition coefficient (Wildman–Crippen LogP) is 3.56. The molecule has 1 amide bonds. The largest absolute Gasteiger partial charge is 0.452 e. The molecular formula is C26H27N3O3. The number of hydrogen-bond acceptors (Lipinski definition) is 5. The third-order valence-electron chi connectivity index (χ3n) is 5.68. The highest BCUT2D eigenvalue weighted by Crippen LogP contribution is 2.19. The van der Waals surface area contributed by atoms with Crippen LogP contribution in [0.3, 0.4) is 0 Å². The second-order valence-corrected chi connectivity index (χ2v) is 7.91. The SMILES string of the molecule is Cc1nc(-c2ccccc2)ccc1C(=O)OCC(=O)N1CCN(Cc2ccccc2)CC1. The van der Waals surface area contributed by atoms with E-state index in [0.29, 0.717) is 24.3 Å². The van der Waals surface area contributed by atoms with Crippen LogP contribution in [0.4, 0.5) is 0 Å². The maximum atomic E-state index is 12.5. The third kappa shape index (κ3) is 5.39. The van der Waals surface area contributed by atoms with Gasteiger partial charge in [0.15, 0.2) is 6.61 Å². The van der Waals surface area contributed by atoms with Gasteiger partial charge in [-0.05, 0) is 24.6 Å². The fraction of sp³-hybridized carbons (Fsp3) is 0.269. The van der Waals surface area contributed by atoms with Crippen LogP contribution in [0.2, 0.25) is 0 Å². The molecule has 0 unspecified atom stereocenters. The molecule has 164 valence electrons. The van der Waals surface area contributed by atoms with E-state index in [1.165, 1.54) is 5.56 Å². The number of aromatic nitrogens is 1. The molecule has 1 saturated heterocycles. The number of esters is 1. The van der Waals surface area contributed by atoms with E-state index in [4.69, 9.17) is 4.74 Å². The van der Waals surface area contributed by atoms with Gasteiger partial charge in [-0.25, -0.2) is 4.79 Å². The number of carbonyl (C=O) groups excluding carboxylic acids is 2. The maximum absolute atomic E-state index is 12.5. The molecule has 6 nitrogen and oxygen atoms in total. The van der Waals surface area contributed by atoms with Crippen molar-refractivity contribution in [1.82, 2.24) is 14.8 Å². The Balaban J connectivity index is 1.26. The molecule has 1 aliphatic rings. The average molecular weight is 430 g/mol. The highest BCUT2D eigenvalue weighted by atomic mass is 16.5. The molecule has 3 aromatic rings. The number of carbonyl (C=O) groups is 2. The first-order valence-corrected chi connectivity index (χ1v) is 10.8. The molecule has 2 heterocycles. The molecule has 0 spiro atoms. The minimum atomic E-state index is -0.523. The Labute approximate surface area is 188 Å². The number of pyridine rings is 1. The summed E-state index contributed by atoms with van der Waals surface area (Å²) in [4.78, 5) is 33.7. The molecule has 6 heteroatoms. The number of benzene rings is 2. The number of piperazine rings is 1. The van der Waals surface area contributed by atoms with Gasteiger partial charge >= 0.3 is 5.97 Å². The molecule has 1 aromatic heterocycles. The van der Waals surface area contributed by atoms with Crippen molar-refractivity contribution in [2.75, 3.05) is 32.8 Å². The number of amides is 1. The number of aryl methyl sites for hydroxylation is 1. The highest BCUT2D eigenvalue weighted by Gasteiger charge is 2.23. The van der Waals surface area contributed by atoms with Gasteiger partial charge < -0.3 is 9.64 Å². The van der Waals surface area contributed by atoms with Crippen molar-refractivity contribution in [2.24, 2.45) is 0 Å². The fourth-order valence-electron chi connectivity index (χ4n) is 3.84. The monoisotopic (exact) mass is 429 g/mol. The summed E-state index contributed by atoms with van der Waals surface area (Å²) in [6.07, 6.45) is 0.